The zero-order valence-corrected chi connectivity index (χ0v) is 10.9. The molecule has 1 unspecified atom stereocenters. The van der Waals surface area contributed by atoms with E-state index >= 15 is 0 Å². The first-order chi connectivity index (χ1) is 7.01. The normalized spacial score (nSPS) is 24.4. The van der Waals surface area contributed by atoms with Gasteiger partial charge in [0.25, 0.3) is 0 Å². The average Bonchev–Trinajstić information content (AvgIpc) is 2.12. The molecule has 0 aromatic rings. The Morgan fingerprint density at radius 2 is 2.07 bits per heavy atom. The van der Waals surface area contributed by atoms with Crippen LogP contribution in [0.1, 0.15) is 40.0 Å². The standard InChI is InChI=1S/C13H27NO/c1-13(2,3)10-12-6-5-7-14(11-12)8-9-15-4/h12H,5-11H2,1-4H3. The smallest absolute Gasteiger partial charge is 0.0589 e. The number of methoxy groups -OCH3 is 1. The molecule has 0 saturated carbocycles. The summed E-state index contributed by atoms with van der Waals surface area (Å²) in [5, 5.41) is 0. The minimum Gasteiger partial charge on any atom is -0.383 e. The molecule has 1 atom stereocenters. The molecule has 1 aliphatic rings. The molecule has 0 amide bonds. The molecule has 0 aromatic carbocycles. The number of hydrogen-bond donors (Lipinski definition) is 0. The van der Waals surface area contributed by atoms with E-state index in [9.17, 15) is 0 Å². The maximum atomic E-state index is 5.14. The van der Waals surface area contributed by atoms with E-state index < -0.39 is 0 Å². The van der Waals surface area contributed by atoms with Gasteiger partial charge >= 0.3 is 0 Å². The number of likely N-dealkylation sites (tertiary alicyclic amines) is 1. The lowest BCUT2D eigenvalue weighted by atomic mass is 9.81. The van der Waals surface area contributed by atoms with Crippen LogP contribution < -0.4 is 0 Å². The van der Waals surface area contributed by atoms with Crippen LogP contribution in [0.15, 0.2) is 0 Å². The zero-order valence-electron chi connectivity index (χ0n) is 10.9. The van der Waals surface area contributed by atoms with Gasteiger partial charge in [-0.25, -0.2) is 0 Å². The van der Waals surface area contributed by atoms with Crippen LogP contribution in [0.5, 0.6) is 0 Å². The van der Waals surface area contributed by atoms with Crippen molar-refractivity contribution in [2.75, 3.05) is 33.4 Å². The van der Waals surface area contributed by atoms with Gasteiger partial charge in [0.1, 0.15) is 0 Å². The Morgan fingerprint density at radius 1 is 1.33 bits per heavy atom. The van der Waals surface area contributed by atoms with Crippen LogP contribution in [0.2, 0.25) is 0 Å². The Labute approximate surface area is 95.0 Å². The minimum atomic E-state index is 0.481. The number of ether oxygens (including phenoxy) is 1. The van der Waals surface area contributed by atoms with E-state index in [0.29, 0.717) is 5.41 Å². The van der Waals surface area contributed by atoms with Crippen molar-refractivity contribution in [2.45, 2.75) is 40.0 Å². The van der Waals surface area contributed by atoms with Crippen molar-refractivity contribution in [1.29, 1.82) is 0 Å². The first-order valence-electron chi connectivity index (χ1n) is 6.22. The molecule has 1 rings (SSSR count). The van der Waals surface area contributed by atoms with Crippen LogP contribution in [-0.4, -0.2) is 38.3 Å². The Hall–Kier alpha value is -0.0800. The van der Waals surface area contributed by atoms with Crippen molar-refractivity contribution < 1.29 is 4.74 Å². The maximum Gasteiger partial charge on any atom is 0.0589 e. The number of rotatable bonds is 4. The molecule has 2 heteroatoms. The molecule has 0 aromatic heterocycles. The average molecular weight is 213 g/mol. The van der Waals surface area contributed by atoms with E-state index in [1.54, 1.807) is 7.11 Å². The fraction of sp³-hybridized carbons (Fsp3) is 1.00. The lowest BCUT2D eigenvalue weighted by molar-refractivity contribution is 0.101. The molecule has 1 fully saturated rings. The summed E-state index contributed by atoms with van der Waals surface area (Å²) in [6.45, 7) is 11.6. The van der Waals surface area contributed by atoms with Crippen LogP contribution >= 0.6 is 0 Å². The van der Waals surface area contributed by atoms with Crippen LogP contribution in [0.25, 0.3) is 0 Å². The highest BCUT2D eigenvalue weighted by molar-refractivity contribution is 4.77. The van der Waals surface area contributed by atoms with Crippen molar-refractivity contribution in [3.05, 3.63) is 0 Å². The van der Waals surface area contributed by atoms with Gasteiger partial charge in [-0.15, -0.1) is 0 Å². The van der Waals surface area contributed by atoms with E-state index in [2.05, 4.69) is 25.7 Å². The molecule has 0 radical (unpaired) electrons. The molecule has 0 spiro atoms. The van der Waals surface area contributed by atoms with Crippen LogP contribution in [0, 0.1) is 11.3 Å². The predicted octanol–water partition coefficient (Wildman–Crippen LogP) is 2.78. The first-order valence-corrected chi connectivity index (χ1v) is 6.22. The molecule has 0 bridgehead atoms. The van der Waals surface area contributed by atoms with Gasteiger partial charge in [0, 0.05) is 20.2 Å². The van der Waals surface area contributed by atoms with Gasteiger partial charge in [0.2, 0.25) is 0 Å². The fourth-order valence-electron chi connectivity index (χ4n) is 2.61. The molecule has 1 aliphatic heterocycles. The summed E-state index contributed by atoms with van der Waals surface area (Å²) < 4.78 is 5.14. The van der Waals surface area contributed by atoms with E-state index in [1.807, 2.05) is 0 Å². The summed E-state index contributed by atoms with van der Waals surface area (Å²) >= 11 is 0. The van der Waals surface area contributed by atoms with E-state index in [1.165, 1.54) is 32.4 Å². The Morgan fingerprint density at radius 3 is 2.67 bits per heavy atom. The van der Waals surface area contributed by atoms with Gasteiger partial charge in [-0.2, -0.15) is 0 Å². The summed E-state index contributed by atoms with van der Waals surface area (Å²) in [6, 6.07) is 0. The highest BCUT2D eigenvalue weighted by Gasteiger charge is 2.24. The van der Waals surface area contributed by atoms with Crippen molar-refractivity contribution in [3.63, 3.8) is 0 Å². The molecular weight excluding hydrogens is 186 g/mol. The molecule has 0 aliphatic carbocycles. The van der Waals surface area contributed by atoms with Crippen molar-refractivity contribution in [2.24, 2.45) is 11.3 Å². The summed E-state index contributed by atoms with van der Waals surface area (Å²) in [5.41, 5.74) is 0.481. The van der Waals surface area contributed by atoms with Crippen LogP contribution in [-0.2, 0) is 4.74 Å². The number of nitrogens with zero attached hydrogens (tertiary/aromatic N) is 1. The second kappa shape index (κ2) is 5.86. The van der Waals surface area contributed by atoms with Gasteiger partial charge in [-0.3, -0.25) is 0 Å². The van der Waals surface area contributed by atoms with E-state index in [0.717, 1.165) is 19.1 Å². The molecule has 0 N–H and O–H groups in total. The number of hydrogen-bond acceptors (Lipinski definition) is 2. The SMILES string of the molecule is COCCN1CCCC(CC(C)(C)C)C1. The van der Waals surface area contributed by atoms with E-state index in [4.69, 9.17) is 4.74 Å². The monoisotopic (exact) mass is 213 g/mol. The highest BCUT2D eigenvalue weighted by atomic mass is 16.5. The Balaban J connectivity index is 2.29. The van der Waals surface area contributed by atoms with Crippen LogP contribution in [0.4, 0.5) is 0 Å². The lowest BCUT2D eigenvalue weighted by Gasteiger charge is -2.35. The molecule has 90 valence electrons. The van der Waals surface area contributed by atoms with Gasteiger partial charge in [0.05, 0.1) is 6.61 Å². The van der Waals surface area contributed by atoms with Crippen LogP contribution in [0.3, 0.4) is 0 Å². The third-order valence-corrected chi connectivity index (χ3v) is 3.12. The zero-order chi connectivity index (χ0) is 11.3. The summed E-state index contributed by atoms with van der Waals surface area (Å²) in [4.78, 5) is 2.56. The van der Waals surface area contributed by atoms with Crippen molar-refractivity contribution in [3.8, 4) is 0 Å². The van der Waals surface area contributed by atoms with Gasteiger partial charge < -0.3 is 9.64 Å². The Bertz CT molecular complexity index is 174. The molecule has 1 saturated heterocycles. The second-order valence-corrected chi connectivity index (χ2v) is 6.07. The molecule has 15 heavy (non-hydrogen) atoms. The third-order valence-electron chi connectivity index (χ3n) is 3.12. The Kier molecular flexibility index (Phi) is 5.07. The first kappa shape index (κ1) is 13.0. The summed E-state index contributed by atoms with van der Waals surface area (Å²) in [7, 11) is 1.79. The fourth-order valence-corrected chi connectivity index (χ4v) is 2.61. The molecule has 2 nitrogen and oxygen atoms in total. The van der Waals surface area contributed by atoms with Gasteiger partial charge in [-0.05, 0) is 37.1 Å². The number of piperidine rings is 1. The van der Waals surface area contributed by atoms with Gasteiger partial charge in [-0.1, -0.05) is 20.8 Å². The van der Waals surface area contributed by atoms with Crippen molar-refractivity contribution in [1.82, 2.24) is 4.90 Å². The molecular formula is C13H27NO. The lowest BCUT2D eigenvalue weighted by Crippen LogP contribution is -2.38. The quantitative estimate of drug-likeness (QED) is 0.712. The molecule has 1 heterocycles. The summed E-state index contributed by atoms with van der Waals surface area (Å²) in [5.74, 6) is 0.899. The second-order valence-electron chi connectivity index (χ2n) is 6.07. The topological polar surface area (TPSA) is 12.5 Å². The van der Waals surface area contributed by atoms with Gasteiger partial charge in [0.15, 0.2) is 0 Å². The third kappa shape index (κ3) is 5.53. The maximum absolute atomic E-state index is 5.14. The predicted molar refractivity (Wildman–Crippen MR) is 65.1 cm³/mol. The minimum absolute atomic E-state index is 0.481. The van der Waals surface area contributed by atoms with Crippen molar-refractivity contribution >= 4 is 0 Å². The largest absolute Gasteiger partial charge is 0.383 e. The van der Waals surface area contributed by atoms with E-state index in [-0.39, 0.29) is 0 Å². The highest BCUT2D eigenvalue weighted by Crippen LogP contribution is 2.29. The summed E-state index contributed by atoms with van der Waals surface area (Å²) in [6.07, 6.45) is 4.14.